The van der Waals surface area contributed by atoms with Crippen LogP contribution in [0.1, 0.15) is 5.56 Å². The quantitative estimate of drug-likeness (QED) is 0.923. The SMILES string of the molecule is Cn1ncnc1Sc1ccc(Cl)cc1CCN. The maximum Gasteiger partial charge on any atom is 0.190 e. The van der Waals surface area contributed by atoms with Crippen molar-refractivity contribution < 1.29 is 0 Å². The summed E-state index contributed by atoms with van der Waals surface area (Å²) in [6.07, 6.45) is 2.35. The smallest absolute Gasteiger partial charge is 0.190 e. The van der Waals surface area contributed by atoms with Gasteiger partial charge in [0.05, 0.1) is 0 Å². The predicted molar refractivity (Wildman–Crippen MR) is 69.3 cm³/mol. The minimum absolute atomic E-state index is 0.604. The van der Waals surface area contributed by atoms with Crippen molar-refractivity contribution in [3.8, 4) is 0 Å². The van der Waals surface area contributed by atoms with E-state index in [1.165, 1.54) is 0 Å². The van der Waals surface area contributed by atoms with Crippen molar-refractivity contribution in [3.63, 3.8) is 0 Å². The zero-order chi connectivity index (χ0) is 12.3. The Morgan fingerprint density at radius 2 is 2.29 bits per heavy atom. The van der Waals surface area contributed by atoms with Crippen molar-refractivity contribution in [1.82, 2.24) is 14.8 Å². The van der Waals surface area contributed by atoms with Crippen LogP contribution in [-0.2, 0) is 13.5 Å². The molecule has 0 aliphatic rings. The maximum absolute atomic E-state index is 5.98. The van der Waals surface area contributed by atoms with Crippen LogP contribution < -0.4 is 5.73 Å². The summed E-state index contributed by atoms with van der Waals surface area (Å²) >= 11 is 7.55. The lowest BCUT2D eigenvalue weighted by Gasteiger charge is -2.08. The second-order valence-corrected chi connectivity index (χ2v) is 5.00. The van der Waals surface area contributed by atoms with Gasteiger partial charge in [0.1, 0.15) is 6.33 Å². The van der Waals surface area contributed by atoms with Gasteiger partial charge in [-0.25, -0.2) is 9.67 Å². The molecule has 0 bridgehead atoms. The van der Waals surface area contributed by atoms with E-state index >= 15 is 0 Å². The summed E-state index contributed by atoms with van der Waals surface area (Å²) in [5, 5.41) is 5.62. The maximum atomic E-state index is 5.98. The molecule has 0 atom stereocenters. The second kappa shape index (κ2) is 5.53. The Kier molecular flexibility index (Phi) is 4.04. The number of nitrogens with two attached hydrogens (primary N) is 1. The van der Waals surface area contributed by atoms with Gasteiger partial charge < -0.3 is 5.73 Å². The fourth-order valence-corrected chi connectivity index (χ4v) is 2.57. The molecule has 2 rings (SSSR count). The molecule has 4 nitrogen and oxygen atoms in total. The minimum atomic E-state index is 0.604. The van der Waals surface area contributed by atoms with E-state index in [1.807, 2.05) is 25.2 Å². The van der Waals surface area contributed by atoms with Crippen LogP contribution in [0.3, 0.4) is 0 Å². The number of benzene rings is 1. The third-order valence-corrected chi connectivity index (χ3v) is 3.71. The van der Waals surface area contributed by atoms with Crippen molar-refractivity contribution in [3.05, 3.63) is 35.1 Å². The van der Waals surface area contributed by atoms with E-state index in [0.29, 0.717) is 6.54 Å². The molecule has 0 spiro atoms. The molecular weight excluding hydrogens is 256 g/mol. The summed E-state index contributed by atoms with van der Waals surface area (Å²) in [4.78, 5) is 5.31. The van der Waals surface area contributed by atoms with Crippen LogP contribution in [0.4, 0.5) is 0 Å². The van der Waals surface area contributed by atoms with Gasteiger partial charge in [-0.1, -0.05) is 11.6 Å². The number of aryl methyl sites for hydroxylation is 1. The van der Waals surface area contributed by atoms with Crippen molar-refractivity contribution in [2.75, 3.05) is 6.54 Å². The number of aromatic nitrogens is 3. The molecule has 0 aliphatic carbocycles. The van der Waals surface area contributed by atoms with Crippen molar-refractivity contribution in [1.29, 1.82) is 0 Å². The fraction of sp³-hybridized carbons (Fsp3) is 0.273. The van der Waals surface area contributed by atoms with E-state index in [9.17, 15) is 0 Å². The van der Waals surface area contributed by atoms with E-state index in [-0.39, 0.29) is 0 Å². The molecular formula is C11H13ClN4S. The Morgan fingerprint density at radius 3 is 2.94 bits per heavy atom. The Morgan fingerprint density at radius 1 is 1.47 bits per heavy atom. The van der Waals surface area contributed by atoms with Gasteiger partial charge in [0.2, 0.25) is 0 Å². The van der Waals surface area contributed by atoms with E-state index in [4.69, 9.17) is 17.3 Å². The minimum Gasteiger partial charge on any atom is -0.330 e. The van der Waals surface area contributed by atoms with Gasteiger partial charge in [-0.15, -0.1) is 0 Å². The number of hydrogen-bond donors (Lipinski definition) is 1. The standard InChI is InChI=1S/C11H13ClN4S/c1-16-11(14-7-15-16)17-10-3-2-9(12)6-8(10)4-5-13/h2-3,6-7H,4-5,13H2,1H3. The highest BCUT2D eigenvalue weighted by molar-refractivity contribution is 7.99. The van der Waals surface area contributed by atoms with Crippen LogP contribution in [0.15, 0.2) is 34.6 Å². The molecule has 0 fully saturated rings. The highest BCUT2D eigenvalue weighted by atomic mass is 35.5. The molecule has 17 heavy (non-hydrogen) atoms. The molecule has 1 heterocycles. The van der Waals surface area contributed by atoms with Gasteiger partial charge in [-0.2, -0.15) is 5.10 Å². The molecule has 1 aromatic carbocycles. The third kappa shape index (κ3) is 3.00. The second-order valence-electron chi connectivity index (χ2n) is 3.56. The summed E-state index contributed by atoms with van der Waals surface area (Å²) in [6, 6.07) is 5.82. The van der Waals surface area contributed by atoms with Gasteiger partial charge in [-0.05, 0) is 48.5 Å². The molecule has 2 aromatic rings. The van der Waals surface area contributed by atoms with Crippen molar-refractivity contribution in [2.24, 2.45) is 12.8 Å². The molecule has 2 N–H and O–H groups in total. The predicted octanol–water partition coefficient (Wildman–Crippen LogP) is 2.12. The van der Waals surface area contributed by atoms with Crippen molar-refractivity contribution >= 4 is 23.4 Å². The molecule has 1 aromatic heterocycles. The first-order chi connectivity index (χ1) is 8.20. The van der Waals surface area contributed by atoms with Crippen LogP contribution in [0.5, 0.6) is 0 Å². The molecule has 0 aliphatic heterocycles. The van der Waals surface area contributed by atoms with Crippen LogP contribution >= 0.6 is 23.4 Å². The van der Waals surface area contributed by atoms with Crippen molar-refractivity contribution in [2.45, 2.75) is 16.5 Å². The lowest BCUT2D eigenvalue weighted by Crippen LogP contribution is -2.04. The molecule has 0 saturated carbocycles. The number of nitrogens with zero attached hydrogens (tertiary/aromatic N) is 3. The monoisotopic (exact) mass is 268 g/mol. The zero-order valence-electron chi connectivity index (χ0n) is 9.43. The first-order valence-corrected chi connectivity index (χ1v) is 6.40. The summed E-state index contributed by atoms with van der Waals surface area (Å²) < 4.78 is 1.74. The lowest BCUT2D eigenvalue weighted by atomic mass is 10.1. The highest BCUT2D eigenvalue weighted by Gasteiger charge is 2.08. The summed E-state index contributed by atoms with van der Waals surface area (Å²) in [5.74, 6) is 0. The third-order valence-electron chi connectivity index (χ3n) is 2.31. The Labute approximate surface area is 109 Å². The summed E-state index contributed by atoms with van der Waals surface area (Å²) in [7, 11) is 1.87. The van der Waals surface area contributed by atoms with Gasteiger partial charge in [0, 0.05) is 17.0 Å². The molecule has 0 unspecified atom stereocenters. The van der Waals surface area contributed by atoms with E-state index in [0.717, 1.165) is 27.1 Å². The van der Waals surface area contributed by atoms with E-state index < -0.39 is 0 Å². The fourth-order valence-electron chi connectivity index (χ4n) is 1.47. The normalized spacial score (nSPS) is 10.8. The van der Waals surface area contributed by atoms with Gasteiger partial charge in [0.25, 0.3) is 0 Å². The largest absolute Gasteiger partial charge is 0.330 e. The summed E-state index contributed by atoms with van der Waals surface area (Å²) in [5.41, 5.74) is 6.74. The molecule has 6 heteroatoms. The number of halogens is 1. The van der Waals surface area contributed by atoms with Crippen LogP contribution in [0.2, 0.25) is 5.02 Å². The number of hydrogen-bond acceptors (Lipinski definition) is 4. The van der Waals surface area contributed by atoms with Gasteiger partial charge in [0.15, 0.2) is 5.16 Å². The Balaban J connectivity index is 2.29. The van der Waals surface area contributed by atoms with E-state index in [2.05, 4.69) is 10.1 Å². The van der Waals surface area contributed by atoms with E-state index in [1.54, 1.807) is 22.8 Å². The summed E-state index contributed by atoms with van der Waals surface area (Å²) in [6.45, 7) is 0.604. The average Bonchev–Trinajstić information content (AvgIpc) is 2.69. The van der Waals surface area contributed by atoms with Gasteiger partial charge >= 0.3 is 0 Å². The Bertz CT molecular complexity index is 512. The molecule has 0 radical (unpaired) electrons. The topological polar surface area (TPSA) is 56.7 Å². The highest BCUT2D eigenvalue weighted by Crippen LogP contribution is 2.30. The zero-order valence-corrected chi connectivity index (χ0v) is 11.0. The first-order valence-electron chi connectivity index (χ1n) is 5.21. The van der Waals surface area contributed by atoms with Crippen LogP contribution in [0, 0.1) is 0 Å². The van der Waals surface area contributed by atoms with Crippen LogP contribution in [0.25, 0.3) is 0 Å². The first kappa shape index (κ1) is 12.4. The lowest BCUT2D eigenvalue weighted by molar-refractivity contribution is 0.685. The molecule has 90 valence electrons. The molecule has 0 amide bonds. The number of rotatable bonds is 4. The molecule has 0 saturated heterocycles. The van der Waals surface area contributed by atoms with Gasteiger partial charge in [-0.3, -0.25) is 0 Å². The Hall–Kier alpha value is -1.04. The average molecular weight is 269 g/mol. The van der Waals surface area contributed by atoms with Crippen LogP contribution in [-0.4, -0.2) is 21.3 Å².